The minimum absolute atomic E-state index is 0.0895. The quantitative estimate of drug-likeness (QED) is 0.180. The molecule has 34 heavy (non-hydrogen) atoms. The van der Waals surface area contributed by atoms with Crippen LogP contribution in [-0.4, -0.2) is 45.0 Å². The fourth-order valence-corrected chi connectivity index (χ4v) is 3.87. The third kappa shape index (κ3) is 4.51. The molecule has 0 unspecified atom stereocenters. The number of aromatic nitrogens is 3. The van der Waals surface area contributed by atoms with Crippen LogP contribution >= 0.6 is 0 Å². The van der Waals surface area contributed by atoms with Crippen LogP contribution in [0.15, 0.2) is 64.5 Å². The zero-order valence-corrected chi connectivity index (χ0v) is 18.7. The predicted molar refractivity (Wildman–Crippen MR) is 128 cm³/mol. The molecule has 4 rings (SSSR count). The van der Waals surface area contributed by atoms with Gasteiger partial charge in [-0.25, -0.2) is 4.68 Å². The Morgan fingerprint density at radius 1 is 1.18 bits per heavy atom. The van der Waals surface area contributed by atoms with E-state index in [0.717, 1.165) is 16.5 Å². The number of non-ortho nitro benzene ring substituents is 1. The number of benzene rings is 2. The highest BCUT2D eigenvalue weighted by Crippen LogP contribution is 2.19. The molecule has 2 heterocycles. The Morgan fingerprint density at radius 2 is 1.91 bits per heavy atom. The maximum absolute atomic E-state index is 13.2. The van der Waals surface area contributed by atoms with Crippen LogP contribution in [0.4, 0.5) is 5.69 Å². The Kier molecular flexibility index (Phi) is 6.39. The number of aliphatic imine (C=N–C) groups is 1. The first-order valence-corrected chi connectivity index (χ1v) is 10.6. The number of rotatable bonds is 8. The Morgan fingerprint density at radius 3 is 2.62 bits per heavy atom. The van der Waals surface area contributed by atoms with Gasteiger partial charge in [0.2, 0.25) is 0 Å². The Hall–Kier alpha value is -4.47. The van der Waals surface area contributed by atoms with E-state index in [2.05, 4.69) is 15.1 Å². The Labute approximate surface area is 194 Å². The molecule has 0 aliphatic carbocycles. The third-order valence-electron chi connectivity index (χ3n) is 5.60. The number of fused-ring (bicyclic) bond motifs is 1. The van der Waals surface area contributed by atoms with Gasteiger partial charge in [-0.15, -0.1) is 0 Å². The summed E-state index contributed by atoms with van der Waals surface area (Å²) in [5.74, 6) is -0.509. The highest BCUT2D eigenvalue weighted by molar-refractivity contribution is 6.00. The summed E-state index contributed by atoms with van der Waals surface area (Å²) in [4.78, 5) is 43.5. The molecule has 2 aromatic heterocycles. The Bertz CT molecular complexity index is 1440. The molecule has 4 aromatic rings. The molecule has 0 aliphatic rings. The van der Waals surface area contributed by atoms with Crippen molar-refractivity contribution in [2.75, 3.05) is 13.7 Å². The zero-order valence-electron chi connectivity index (χ0n) is 18.7. The van der Waals surface area contributed by atoms with E-state index in [0.29, 0.717) is 30.1 Å². The molecular formula is C24H23N5O5. The molecule has 0 radical (unpaired) electrons. The van der Waals surface area contributed by atoms with Gasteiger partial charge in [-0.2, -0.15) is 0 Å². The maximum atomic E-state index is 13.2. The summed E-state index contributed by atoms with van der Waals surface area (Å²) < 4.78 is 6.01. The lowest BCUT2D eigenvalue weighted by Gasteiger charge is -2.02. The second-order valence-electron chi connectivity index (χ2n) is 7.71. The van der Waals surface area contributed by atoms with Crippen LogP contribution in [0.25, 0.3) is 16.6 Å². The molecule has 0 amide bonds. The van der Waals surface area contributed by atoms with E-state index in [9.17, 15) is 19.7 Å². The highest BCUT2D eigenvalue weighted by atomic mass is 16.6. The van der Waals surface area contributed by atoms with E-state index in [-0.39, 0.29) is 17.7 Å². The van der Waals surface area contributed by atoms with Crippen molar-refractivity contribution in [3.8, 4) is 5.69 Å². The van der Waals surface area contributed by atoms with E-state index in [1.807, 2.05) is 30.5 Å². The van der Waals surface area contributed by atoms with Crippen molar-refractivity contribution in [2.45, 2.75) is 19.8 Å². The van der Waals surface area contributed by atoms with Crippen molar-refractivity contribution in [1.82, 2.24) is 14.8 Å². The summed E-state index contributed by atoms with van der Waals surface area (Å²) in [5.41, 5.74) is 3.22. The van der Waals surface area contributed by atoms with Crippen LogP contribution < -0.4 is 5.56 Å². The minimum atomic E-state index is -0.514. The van der Waals surface area contributed by atoms with Crippen LogP contribution in [0, 0.1) is 10.1 Å². The monoisotopic (exact) mass is 461 g/mol. The first-order chi connectivity index (χ1) is 16.4. The second-order valence-corrected chi connectivity index (χ2v) is 7.71. The average molecular weight is 461 g/mol. The van der Waals surface area contributed by atoms with Crippen LogP contribution in [0.1, 0.15) is 23.7 Å². The van der Waals surface area contributed by atoms with Gasteiger partial charge >= 0.3 is 5.97 Å². The number of nitrogens with one attached hydrogen (secondary N) is 2. The molecule has 0 aliphatic heterocycles. The van der Waals surface area contributed by atoms with Gasteiger partial charge in [0.05, 0.1) is 35.4 Å². The van der Waals surface area contributed by atoms with E-state index in [1.165, 1.54) is 36.1 Å². The van der Waals surface area contributed by atoms with Crippen molar-refractivity contribution >= 4 is 28.3 Å². The van der Waals surface area contributed by atoms with Crippen molar-refractivity contribution in [1.29, 1.82) is 0 Å². The van der Waals surface area contributed by atoms with Gasteiger partial charge in [0.25, 0.3) is 11.2 Å². The molecule has 0 spiro atoms. The summed E-state index contributed by atoms with van der Waals surface area (Å²) in [7, 11) is 1.27. The number of nitrogens with zero attached hydrogens (tertiary/aromatic N) is 3. The van der Waals surface area contributed by atoms with Gasteiger partial charge in [-0.05, 0) is 37.1 Å². The molecule has 0 fully saturated rings. The number of esters is 1. The van der Waals surface area contributed by atoms with Gasteiger partial charge in [0.1, 0.15) is 0 Å². The lowest BCUT2D eigenvalue weighted by atomic mass is 10.1. The molecule has 2 aromatic carbocycles. The predicted octanol–water partition coefficient (Wildman–Crippen LogP) is 3.32. The second kappa shape index (κ2) is 9.57. The highest BCUT2D eigenvalue weighted by Gasteiger charge is 2.20. The number of nitro benzene ring substituents is 1. The largest absolute Gasteiger partial charge is 0.469 e. The van der Waals surface area contributed by atoms with Crippen LogP contribution in [0.5, 0.6) is 0 Å². The number of H-pyrrole nitrogens is 2. The topological polar surface area (TPSA) is 135 Å². The van der Waals surface area contributed by atoms with Gasteiger partial charge in [0.15, 0.2) is 0 Å². The van der Waals surface area contributed by atoms with Crippen molar-refractivity contribution in [3.63, 3.8) is 0 Å². The normalized spacial score (nSPS) is 11.6. The standard InChI is InChI=1S/C24H23N5O5/c1-15(25-12-11-16-14-26-20-6-4-3-5-19(16)20)23-21(13-22(30)34-2)27-28(24(23)31)17-7-9-18(10-8-17)29(32)33/h3-10,14,26-27H,11-13H2,1-2H3. The molecule has 10 nitrogen and oxygen atoms in total. The molecule has 174 valence electrons. The molecule has 10 heteroatoms. The van der Waals surface area contributed by atoms with Crippen molar-refractivity contribution < 1.29 is 14.5 Å². The fraction of sp³-hybridized carbons (Fsp3) is 0.208. The number of para-hydroxylation sites is 1. The van der Waals surface area contributed by atoms with E-state index in [4.69, 9.17) is 4.74 Å². The smallest absolute Gasteiger partial charge is 0.311 e. The number of hydrogen-bond acceptors (Lipinski definition) is 6. The maximum Gasteiger partial charge on any atom is 0.311 e. The average Bonchev–Trinajstić information content (AvgIpc) is 3.39. The van der Waals surface area contributed by atoms with Crippen LogP contribution in [0.2, 0.25) is 0 Å². The summed E-state index contributed by atoms with van der Waals surface area (Å²) >= 11 is 0. The number of carbonyl (C=O) groups is 1. The van der Waals surface area contributed by atoms with Crippen LogP contribution in [-0.2, 0) is 22.4 Å². The zero-order chi connectivity index (χ0) is 24.2. The van der Waals surface area contributed by atoms with Gasteiger partial charge < -0.3 is 9.72 Å². The summed E-state index contributed by atoms with van der Waals surface area (Å²) in [6.45, 7) is 2.17. The van der Waals surface area contributed by atoms with Crippen LogP contribution in [0.3, 0.4) is 0 Å². The number of methoxy groups -OCH3 is 1. The first kappa shape index (κ1) is 22.7. The summed E-state index contributed by atoms with van der Waals surface area (Å²) in [6.07, 6.45) is 2.49. The fourth-order valence-electron chi connectivity index (χ4n) is 3.87. The lowest BCUT2D eigenvalue weighted by Crippen LogP contribution is -2.20. The Balaban J connectivity index is 1.64. The lowest BCUT2D eigenvalue weighted by molar-refractivity contribution is -0.384. The number of ether oxygens (including phenoxy) is 1. The number of nitro groups is 1. The third-order valence-corrected chi connectivity index (χ3v) is 5.60. The molecule has 0 saturated carbocycles. The molecular weight excluding hydrogens is 438 g/mol. The van der Waals surface area contributed by atoms with E-state index >= 15 is 0 Å². The molecule has 2 N–H and O–H groups in total. The van der Waals surface area contributed by atoms with Gasteiger partial charge in [0, 0.05) is 41.5 Å². The summed E-state index contributed by atoms with van der Waals surface area (Å²) in [5, 5.41) is 15.0. The van der Waals surface area contributed by atoms with E-state index < -0.39 is 16.5 Å². The van der Waals surface area contributed by atoms with Crippen molar-refractivity contribution in [2.24, 2.45) is 4.99 Å². The number of hydrogen-bond donors (Lipinski definition) is 2. The molecule has 0 bridgehead atoms. The van der Waals surface area contributed by atoms with Crippen molar-refractivity contribution in [3.05, 3.63) is 92.0 Å². The first-order valence-electron chi connectivity index (χ1n) is 10.6. The molecule has 0 saturated heterocycles. The summed E-state index contributed by atoms with van der Waals surface area (Å²) in [6, 6.07) is 13.5. The molecule has 0 atom stereocenters. The minimum Gasteiger partial charge on any atom is -0.469 e. The number of aromatic amines is 2. The van der Waals surface area contributed by atoms with Gasteiger partial charge in [-0.3, -0.25) is 29.8 Å². The van der Waals surface area contributed by atoms with E-state index in [1.54, 1.807) is 6.92 Å². The SMILES string of the molecule is COC(=O)Cc1[nH]n(-c2ccc([N+](=O)[O-])cc2)c(=O)c1C(C)=NCCc1c[nH]c2ccccc12. The van der Waals surface area contributed by atoms with Gasteiger partial charge in [-0.1, -0.05) is 18.2 Å². The number of carbonyl (C=O) groups excluding carboxylic acids is 1.